The van der Waals surface area contributed by atoms with Crippen molar-refractivity contribution < 1.29 is 32.6 Å². The van der Waals surface area contributed by atoms with E-state index in [1.165, 1.54) is 18.2 Å². The SMILES string of the molecule is Cc1csc(C2CCCN2C(=O)c2cccc(C(=O)NC(Cc3ccccc3)C(O)CNCc3cccc(OC(F)(F)F)c3)c2)n1. The minimum absolute atomic E-state index is 0.0488. The minimum Gasteiger partial charge on any atom is -0.406 e. The van der Waals surface area contributed by atoms with E-state index in [1.54, 1.807) is 41.7 Å². The topological polar surface area (TPSA) is 104 Å². The summed E-state index contributed by atoms with van der Waals surface area (Å²) in [6.45, 7) is 2.75. The highest BCUT2D eigenvalue weighted by Gasteiger charge is 2.33. The number of hydrogen-bond acceptors (Lipinski definition) is 7. The monoisotopic (exact) mass is 652 g/mol. The number of aromatic nitrogens is 1. The lowest BCUT2D eigenvalue weighted by atomic mass is 10.00. The molecular formula is C34H35F3N4O4S. The molecule has 3 unspecified atom stereocenters. The van der Waals surface area contributed by atoms with Crippen molar-refractivity contribution in [2.75, 3.05) is 13.1 Å². The van der Waals surface area contributed by atoms with Crippen molar-refractivity contribution in [3.05, 3.63) is 117 Å². The van der Waals surface area contributed by atoms with E-state index in [1.807, 2.05) is 47.5 Å². The van der Waals surface area contributed by atoms with Crippen molar-refractivity contribution >= 4 is 23.2 Å². The molecule has 1 fully saturated rings. The Morgan fingerprint density at radius 2 is 1.78 bits per heavy atom. The lowest BCUT2D eigenvalue weighted by molar-refractivity contribution is -0.274. The largest absolute Gasteiger partial charge is 0.573 e. The summed E-state index contributed by atoms with van der Waals surface area (Å²) in [5.41, 5.74) is 3.03. The molecule has 3 aromatic carbocycles. The van der Waals surface area contributed by atoms with Gasteiger partial charge in [0.05, 0.1) is 18.2 Å². The van der Waals surface area contributed by atoms with Crippen LogP contribution in [0.5, 0.6) is 5.75 Å². The fraction of sp³-hybridized carbons (Fsp3) is 0.324. The van der Waals surface area contributed by atoms with Gasteiger partial charge in [0.2, 0.25) is 0 Å². The summed E-state index contributed by atoms with van der Waals surface area (Å²) in [7, 11) is 0. The van der Waals surface area contributed by atoms with Gasteiger partial charge in [-0.25, -0.2) is 4.98 Å². The summed E-state index contributed by atoms with van der Waals surface area (Å²) in [6.07, 6.45) is -3.81. The minimum atomic E-state index is -4.80. The van der Waals surface area contributed by atoms with Gasteiger partial charge >= 0.3 is 6.36 Å². The van der Waals surface area contributed by atoms with Gasteiger partial charge in [-0.1, -0.05) is 48.5 Å². The third-order valence-electron chi connectivity index (χ3n) is 7.70. The quantitative estimate of drug-likeness (QED) is 0.178. The number of amides is 2. The number of aliphatic hydroxyl groups is 1. The zero-order valence-corrected chi connectivity index (χ0v) is 26.0. The van der Waals surface area contributed by atoms with Gasteiger partial charge in [0.1, 0.15) is 10.8 Å². The van der Waals surface area contributed by atoms with Crippen molar-refractivity contribution in [2.45, 2.75) is 57.3 Å². The maximum atomic E-state index is 13.6. The van der Waals surface area contributed by atoms with E-state index in [4.69, 9.17) is 0 Å². The fourth-order valence-corrected chi connectivity index (χ4v) is 6.46. The van der Waals surface area contributed by atoms with Crippen LogP contribution in [0.15, 0.2) is 84.2 Å². The highest BCUT2D eigenvalue weighted by Crippen LogP contribution is 2.35. The Hall–Kier alpha value is -4.26. The predicted octanol–water partition coefficient (Wildman–Crippen LogP) is 5.82. The third kappa shape index (κ3) is 8.93. The summed E-state index contributed by atoms with van der Waals surface area (Å²) in [6, 6.07) is 20.7. The van der Waals surface area contributed by atoms with Gasteiger partial charge in [-0.15, -0.1) is 24.5 Å². The average Bonchev–Trinajstić information content (AvgIpc) is 3.69. The molecule has 2 amide bonds. The Labute approximate surface area is 269 Å². The normalized spacial score (nSPS) is 16.2. The van der Waals surface area contributed by atoms with Crippen molar-refractivity contribution in [3.8, 4) is 5.75 Å². The molecule has 5 rings (SSSR count). The Morgan fingerprint density at radius 1 is 1.04 bits per heavy atom. The van der Waals surface area contributed by atoms with E-state index >= 15 is 0 Å². The Kier molecular flexibility index (Phi) is 10.7. The molecule has 0 saturated carbocycles. The van der Waals surface area contributed by atoms with Crippen LogP contribution in [0.2, 0.25) is 0 Å². The summed E-state index contributed by atoms with van der Waals surface area (Å²) >= 11 is 1.54. The lowest BCUT2D eigenvalue weighted by Gasteiger charge is -2.25. The van der Waals surface area contributed by atoms with Crippen LogP contribution in [0.4, 0.5) is 13.2 Å². The number of ether oxygens (including phenoxy) is 1. The Morgan fingerprint density at radius 3 is 2.52 bits per heavy atom. The number of aryl methyl sites for hydroxylation is 1. The second kappa shape index (κ2) is 14.9. The van der Waals surface area contributed by atoms with Crippen molar-refractivity contribution in [1.82, 2.24) is 20.5 Å². The van der Waals surface area contributed by atoms with E-state index in [-0.39, 0.29) is 36.4 Å². The van der Waals surface area contributed by atoms with Crippen LogP contribution >= 0.6 is 11.3 Å². The predicted molar refractivity (Wildman–Crippen MR) is 169 cm³/mol. The van der Waals surface area contributed by atoms with Crippen molar-refractivity contribution in [2.24, 2.45) is 0 Å². The first-order chi connectivity index (χ1) is 22.1. The van der Waals surface area contributed by atoms with Crippen LogP contribution in [0, 0.1) is 6.92 Å². The van der Waals surface area contributed by atoms with E-state index in [0.29, 0.717) is 24.1 Å². The molecule has 1 saturated heterocycles. The first kappa shape index (κ1) is 33.1. The second-order valence-corrected chi connectivity index (χ2v) is 12.1. The number of likely N-dealkylation sites (tertiary alicyclic amines) is 1. The third-order valence-corrected chi connectivity index (χ3v) is 8.77. The molecule has 1 aliphatic heterocycles. The van der Waals surface area contributed by atoms with Gasteiger partial charge in [0.15, 0.2) is 0 Å². The van der Waals surface area contributed by atoms with Crippen LogP contribution in [0.1, 0.15) is 61.4 Å². The van der Waals surface area contributed by atoms with Crippen LogP contribution < -0.4 is 15.4 Å². The number of nitrogens with one attached hydrogen (secondary N) is 2. The standard InChI is InChI=1S/C34H35F3N4O4S/c1-22-21-46-32(39-22)29-14-7-15-41(29)33(44)26-12-6-11-25(18-26)31(43)40-28(17-23-8-3-2-4-9-23)30(42)20-38-19-24-10-5-13-27(16-24)45-34(35,36)37/h2-6,8-13,16,18,21,28-30,38,42H,7,14-15,17,19-20H2,1H3,(H,40,43). The zero-order chi connectivity index (χ0) is 32.7. The summed E-state index contributed by atoms with van der Waals surface area (Å²) in [5.74, 6) is -0.944. The number of hydrogen-bond donors (Lipinski definition) is 3. The van der Waals surface area contributed by atoms with Gasteiger partial charge < -0.3 is 25.4 Å². The molecular weight excluding hydrogens is 617 g/mol. The maximum absolute atomic E-state index is 13.6. The Balaban J connectivity index is 1.25. The van der Waals surface area contributed by atoms with E-state index < -0.39 is 24.4 Å². The number of carbonyl (C=O) groups is 2. The van der Waals surface area contributed by atoms with E-state index in [0.717, 1.165) is 29.1 Å². The molecule has 8 nitrogen and oxygen atoms in total. The first-order valence-electron chi connectivity index (χ1n) is 15.0. The molecule has 0 radical (unpaired) electrons. The number of benzene rings is 3. The molecule has 0 bridgehead atoms. The number of nitrogens with zero attached hydrogens (tertiary/aromatic N) is 2. The zero-order valence-electron chi connectivity index (χ0n) is 25.2. The molecule has 3 N–H and O–H groups in total. The summed E-state index contributed by atoms with van der Waals surface area (Å²) < 4.78 is 41.8. The number of aliphatic hydroxyl groups excluding tert-OH is 1. The van der Waals surface area contributed by atoms with Gasteiger partial charge in [0.25, 0.3) is 11.8 Å². The first-order valence-corrected chi connectivity index (χ1v) is 15.8. The van der Waals surface area contributed by atoms with Gasteiger partial charge in [-0.3, -0.25) is 9.59 Å². The molecule has 4 aromatic rings. The highest BCUT2D eigenvalue weighted by atomic mass is 32.1. The fourth-order valence-electron chi connectivity index (χ4n) is 5.51. The summed E-state index contributed by atoms with van der Waals surface area (Å²) in [5, 5.41) is 20.0. The molecule has 1 aliphatic rings. The van der Waals surface area contributed by atoms with Crippen LogP contribution in [0.25, 0.3) is 0 Å². The number of alkyl halides is 3. The molecule has 1 aromatic heterocycles. The average molecular weight is 653 g/mol. The molecule has 0 spiro atoms. The molecule has 12 heteroatoms. The molecule has 3 atom stereocenters. The van der Waals surface area contributed by atoms with Crippen LogP contribution in [-0.2, 0) is 13.0 Å². The maximum Gasteiger partial charge on any atom is 0.573 e. The smallest absolute Gasteiger partial charge is 0.406 e. The van der Waals surface area contributed by atoms with Crippen molar-refractivity contribution in [1.29, 1.82) is 0 Å². The molecule has 2 heterocycles. The molecule has 242 valence electrons. The molecule has 0 aliphatic carbocycles. The number of carbonyl (C=O) groups excluding carboxylic acids is 2. The number of thiazole rings is 1. The number of rotatable bonds is 12. The molecule has 46 heavy (non-hydrogen) atoms. The van der Waals surface area contributed by atoms with Gasteiger partial charge in [0, 0.05) is 41.8 Å². The highest BCUT2D eigenvalue weighted by molar-refractivity contribution is 7.09. The van der Waals surface area contributed by atoms with E-state index in [2.05, 4.69) is 20.4 Å². The van der Waals surface area contributed by atoms with Gasteiger partial charge in [-0.2, -0.15) is 0 Å². The summed E-state index contributed by atoms with van der Waals surface area (Å²) in [4.78, 5) is 33.5. The lowest BCUT2D eigenvalue weighted by Crippen LogP contribution is -2.48. The van der Waals surface area contributed by atoms with Gasteiger partial charge in [-0.05, 0) is 67.6 Å². The van der Waals surface area contributed by atoms with Crippen LogP contribution in [-0.4, -0.2) is 58.4 Å². The van der Waals surface area contributed by atoms with Crippen LogP contribution in [0.3, 0.4) is 0 Å². The second-order valence-electron chi connectivity index (χ2n) is 11.2. The van der Waals surface area contributed by atoms with E-state index in [9.17, 15) is 27.9 Å². The Bertz CT molecular complexity index is 1630. The number of halogens is 3. The van der Waals surface area contributed by atoms with Crippen molar-refractivity contribution in [3.63, 3.8) is 0 Å².